The van der Waals surface area contributed by atoms with Gasteiger partial charge >= 0.3 is 17.8 Å². The molecule has 2 N–H and O–H groups in total. The van der Waals surface area contributed by atoms with E-state index in [0.717, 1.165) is 43.0 Å². The number of fused-ring (bicyclic) bond motifs is 1. The van der Waals surface area contributed by atoms with E-state index in [0.29, 0.717) is 19.4 Å². The maximum Gasteiger partial charge on any atom is 0.416 e. The van der Waals surface area contributed by atoms with E-state index in [4.69, 9.17) is 0 Å². The predicted molar refractivity (Wildman–Crippen MR) is 120 cm³/mol. The van der Waals surface area contributed by atoms with Gasteiger partial charge in [0.1, 0.15) is 5.82 Å². The van der Waals surface area contributed by atoms with Gasteiger partial charge in [-0.15, -0.1) is 0 Å². The quantitative estimate of drug-likeness (QED) is 0.513. The molecule has 4 rings (SSSR count). The fourth-order valence-corrected chi connectivity index (χ4v) is 4.24. The Bertz CT molecular complexity index is 1230. The lowest BCUT2D eigenvalue weighted by Crippen LogP contribution is -2.29. The minimum Gasteiger partial charge on any atom is -0.481 e. The number of carboxylic acid groups (broad SMARTS) is 1. The molecule has 1 aromatic carbocycles. The number of nitrogens with zero attached hydrogens (tertiary/aromatic N) is 3. The number of pyridine rings is 1. The number of aryl methyl sites for hydroxylation is 3. The summed E-state index contributed by atoms with van der Waals surface area (Å²) in [6, 6.07) is 7.43. The standard InChI is InChI=1S/C24H25F3N4O3/c25-24(26,27)18-6-1-4-17(14-18)20(15-21(32)33)31-13-12-30(23(31)34)11-3-7-19-9-8-16-5-2-10-28-22(16)29-19/h1,4,6,8-9,12-14,20H,2-3,5,7,10-11,15H2,(H,28,29)(H,32,33). The minimum absolute atomic E-state index is 0.114. The van der Waals surface area contributed by atoms with E-state index in [1.807, 2.05) is 6.07 Å². The molecule has 1 aliphatic heterocycles. The summed E-state index contributed by atoms with van der Waals surface area (Å²) in [5.41, 5.74) is 0.863. The molecule has 7 nitrogen and oxygen atoms in total. The smallest absolute Gasteiger partial charge is 0.416 e. The van der Waals surface area contributed by atoms with E-state index < -0.39 is 35.9 Å². The zero-order chi connectivity index (χ0) is 24.3. The Morgan fingerprint density at radius 3 is 2.79 bits per heavy atom. The van der Waals surface area contributed by atoms with Crippen LogP contribution in [0.1, 0.15) is 47.7 Å². The highest BCUT2D eigenvalue weighted by atomic mass is 19.4. The van der Waals surface area contributed by atoms with E-state index >= 15 is 0 Å². The van der Waals surface area contributed by atoms with Gasteiger partial charge in [-0.25, -0.2) is 9.78 Å². The summed E-state index contributed by atoms with van der Waals surface area (Å²) in [5.74, 6) is -0.307. The molecule has 3 heterocycles. The second-order valence-corrected chi connectivity index (χ2v) is 8.36. The molecule has 2 aromatic heterocycles. The highest BCUT2D eigenvalue weighted by Crippen LogP contribution is 2.32. The molecular formula is C24H25F3N4O3. The molecule has 0 aliphatic carbocycles. The van der Waals surface area contributed by atoms with Gasteiger partial charge in [0.15, 0.2) is 0 Å². The van der Waals surface area contributed by atoms with Crippen LogP contribution in [-0.4, -0.2) is 31.7 Å². The number of benzene rings is 1. The number of nitrogens with one attached hydrogen (secondary N) is 1. The highest BCUT2D eigenvalue weighted by molar-refractivity contribution is 5.68. The summed E-state index contributed by atoms with van der Waals surface area (Å²) in [5, 5.41) is 12.6. The third kappa shape index (κ3) is 5.32. The summed E-state index contributed by atoms with van der Waals surface area (Å²) in [6.45, 7) is 1.27. The average molecular weight is 474 g/mol. The van der Waals surface area contributed by atoms with E-state index in [1.54, 1.807) is 0 Å². The number of aromatic nitrogens is 3. The van der Waals surface area contributed by atoms with Crippen LogP contribution in [0.2, 0.25) is 0 Å². The van der Waals surface area contributed by atoms with Crippen LogP contribution in [0.4, 0.5) is 19.0 Å². The van der Waals surface area contributed by atoms with Gasteiger partial charge in [-0.2, -0.15) is 13.2 Å². The second kappa shape index (κ2) is 9.74. The third-order valence-electron chi connectivity index (χ3n) is 5.96. The SMILES string of the molecule is O=C(O)CC(c1cccc(C(F)(F)F)c1)n1ccn(CCCc2ccc3c(n2)NCCC3)c1=O. The molecule has 10 heteroatoms. The summed E-state index contributed by atoms with van der Waals surface area (Å²) in [6.07, 6.45) is 1.24. The number of alkyl halides is 3. The Labute approximate surface area is 193 Å². The molecule has 1 unspecified atom stereocenters. The largest absolute Gasteiger partial charge is 0.481 e. The molecule has 3 aromatic rings. The van der Waals surface area contributed by atoms with Crippen molar-refractivity contribution in [3.8, 4) is 0 Å². The fraction of sp³-hybridized carbons (Fsp3) is 0.375. The molecule has 1 aliphatic rings. The maximum absolute atomic E-state index is 13.2. The second-order valence-electron chi connectivity index (χ2n) is 8.36. The normalized spacial score (nSPS) is 14.3. The van der Waals surface area contributed by atoms with Gasteiger partial charge in [-0.1, -0.05) is 18.2 Å². The zero-order valence-corrected chi connectivity index (χ0v) is 18.4. The van der Waals surface area contributed by atoms with Crippen LogP contribution >= 0.6 is 0 Å². The molecule has 0 radical (unpaired) electrons. The first-order chi connectivity index (χ1) is 16.2. The molecule has 180 valence electrons. The van der Waals surface area contributed by atoms with Gasteiger partial charge in [0.05, 0.1) is 18.0 Å². The molecule has 0 spiro atoms. The van der Waals surface area contributed by atoms with Crippen molar-refractivity contribution in [2.45, 2.75) is 50.9 Å². The molecular weight excluding hydrogens is 449 g/mol. The van der Waals surface area contributed by atoms with Crippen LogP contribution in [0.3, 0.4) is 0 Å². The van der Waals surface area contributed by atoms with Crippen molar-refractivity contribution in [1.29, 1.82) is 0 Å². The lowest BCUT2D eigenvalue weighted by molar-refractivity contribution is -0.138. The van der Waals surface area contributed by atoms with E-state index in [-0.39, 0.29) is 5.56 Å². The number of rotatable bonds is 8. The number of imidazole rings is 1. The van der Waals surface area contributed by atoms with Gasteiger partial charge in [-0.05, 0) is 55.0 Å². The number of hydrogen-bond acceptors (Lipinski definition) is 4. The first-order valence-electron chi connectivity index (χ1n) is 11.1. The number of anilines is 1. The van der Waals surface area contributed by atoms with Crippen LogP contribution in [0.15, 0.2) is 53.6 Å². The van der Waals surface area contributed by atoms with Crippen molar-refractivity contribution in [2.24, 2.45) is 0 Å². The van der Waals surface area contributed by atoms with Crippen LogP contribution in [-0.2, 0) is 30.4 Å². The summed E-state index contributed by atoms with van der Waals surface area (Å²) in [4.78, 5) is 29.0. The third-order valence-corrected chi connectivity index (χ3v) is 5.96. The lowest BCUT2D eigenvalue weighted by Gasteiger charge is -2.18. The van der Waals surface area contributed by atoms with Crippen molar-refractivity contribution >= 4 is 11.8 Å². The monoisotopic (exact) mass is 474 g/mol. The maximum atomic E-state index is 13.2. The molecule has 0 amide bonds. The topological polar surface area (TPSA) is 89.2 Å². The molecule has 0 saturated carbocycles. The Morgan fingerprint density at radius 1 is 1.21 bits per heavy atom. The average Bonchev–Trinajstić information content (AvgIpc) is 3.17. The van der Waals surface area contributed by atoms with Crippen molar-refractivity contribution in [3.05, 3.63) is 81.7 Å². The molecule has 1 atom stereocenters. The van der Waals surface area contributed by atoms with Crippen LogP contribution in [0.5, 0.6) is 0 Å². The van der Waals surface area contributed by atoms with Crippen LogP contribution in [0.25, 0.3) is 0 Å². The molecule has 0 saturated heterocycles. The van der Waals surface area contributed by atoms with Crippen LogP contribution in [0, 0.1) is 0 Å². The molecule has 0 fully saturated rings. The van der Waals surface area contributed by atoms with Crippen LogP contribution < -0.4 is 11.0 Å². The van der Waals surface area contributed by atoms with E-state index in [1.165, 1.54) is 39.2 Å². The van der Waals surface area contributed by atoms with Crippen molar-refractivity contribution in [3.63, 3.8) is 0 Å². The van der Waals surface area contributed by atoms with E-state index in [2.05, 4.69) is 16.4 Å². The number of hydrogen-bond donors (Lipinski definition) is 2. The Balaban J connectivity index is 1.50. The lowest BCUT2D eigenvalue weighted by atomic mass is 10.0. The zero-order valence-electron chi connectivity index (χ0n) is 18.4. The van der Waals surface area contributed by atoms with Crippen molar-refractivity contribution in [1.82, 2.24) is 14.1 Å². The van der Waals surface area contributed by atoms with Gasteiger partial charge in [0.25, 0.3) is 0 Å². The number of aliphatic carboxylic acids is 1. The van der Waals surface area contributed by atoms with Gasteiger partial charge in [-0.3, -0.25) is 13.9 Å². The minimum atomic E-state index is -4.57. The van der Waals surface area contributed by atoms with Crippen molar-refractivity contribution in [2.75, 3.05) is 11.9 Å². The summed E-state index contributed by atoms with van der Waals surface area (Å²) < 4.78 is 42.1. The molecule has 0 bridgehead atoms. The molecule has 34 heavy (non-hydrogen) atoms. The fourth-order valence-electron chi connectivity index (χ4n) is 4.24. The Hall–Kier alpha value is -3.56. The Morgan fingerprint density at radius 2 is 2.03 bits per heavy atom. The summed E-state index contributed by atoms with van der Waals surface area (Å²) >= 11 is 0. The first kappa shape index (κ1) is 23.6. The van der Waals surface area contributed by atoms with Gasteiger partial charge in [0, 0.05) is 31.2 Å². The van der Waals surface area contributed by atoms with Gasteiger partial charge < -0.3 is 10.4 Å². The highest BCUT2D eigenvalue weighted by Gasteiger charge is 2.31. The number of carboxylic acids is 1. The Kier molecular flexibility index (Phi) is 6.76. The number of halogens is 3. The summed E-state index contributed by atoms with van der Waals surface area (Å²) in [7, 11) is 0. The first-order valence-corrected chi connectivity index (χ1v) is 11.1. The van der Waals surface area contributed by atoms with Crippen molar-refractivity contribution < 1.29 is 23.1 Å². The number of carbonyl (C=O) groups is 1. The predicted octanol–water partition coefficient (Wildman–Crippen LogP) is 4.12. The van der Waals surface area contributed by atoms with Gasteiger partial charge in [0.2, 0.25) is 0 Å². The van der Waals surface area contributed by atoms with E-state index in [9.17, 15) is 27.9 Å².